The summed E-state index contributed by atoms with van der Waals surface area (Å²) in [6, 6.07) is 5.68. The summed E-state index contributed by atoms with van der Waals surface area (Å²) >= 11 is 0. The van der Waals surface area contributed by atoms with E-state index in [4.69, 9.17) is 0 Å². The van der Waals surface area contributed by atoms with Gasteiger partial charge < -0.3 is 5.11 Å². The summed E-state index contributed by atoms with van der Waals surface area (Å²) in [5.41, 5.74) is -0.277. The zero-order valence-electron chi connectivity index (χ0n) is 11.4. The van der Waals surface area contributed by atoms with Crippen molar-refractivity contribution in [2.75, 3.05) is 13.2 Å². The largest absolute Gasteiger partial charge is 0.416 e. The second kappa shape index (κ2) is 6.59. The van der Waals surface area contributed by atoms with E-state index in [1.54, 1.807) is 6.07 Å². The SMILES string of the molecule is OCC1CCCCCN1Cc1ccccc1C(F)(F)F. The van der Waals surface area contributed by atoms with Crippen LogP contribution >= 0.6 is 0 Å². The molecule has 1 aromatic carbocycles. The van der Waals surface area contributed by atoms with Gasteiger partial charge in [-0.3, -0.25) is 4.90 Å². The number of rotatable bonds is 3. The van der Waals surface area contributed by atoms with Crippen LogP contribution in [-0.4, -0.2) is 29.2 Å². The van der Waals surface area contributed by atoms with Crippen LogP contribution in [0.4, 0.5) is 13.2 Å². The van der Waals surface area contributed by atoms with Crippen molar-refractivity contribution >= 4 is 0 Å². The van der Waals surface area contributed by atoms with Crippen molar-refractivity contribution in [3.05, 3.63) is 35.4 Å². The quantitative estimate of drug-likeness (QED) is 0.920. The molecule has 112 valence electrons. The van der Waals surface area contributed by atoms with E-state index in [0.717, 1.165) is 38.3 Å². The Balaban J connectivity index is 2.20. The predicted molar refractivity (Wildman–Crippen MR) is 71.2 cm³/mol. The van der Waals surface area contributed by atoms with Crippen LogP contribution in [0.5, 0.6) is 0 Å². The average molecular weight is 287 g/mol. The van der Waals surface area contributed by atoms with E-state index in [2.05, 4.69) is 0 Å². The molecule has 2 rings (SSSR count). The summed E-state index contributed by atoms with van der Waals surface area (Å²) in [6.45, 7) is 1.01. The number of hydrogen-bond acceptors (Lipinski definition) is 2. The van der Waals surface area contributed by atoms with E-state index in [1.165, 1.54) is 12.1 Å². The standard InChI is InChI=1S/C15H20F3NO/c16-15(17,18)14-8-4-3-6-12(14)10-19-9-5-1-2-7-13(19)11-20/h3-4,6,8,13,20H,1-2,5,7,9-11H2. The van der Waals surface area contributed by atoms with E-state index in [0.29, 0.717) is 5.56 Å². The molecule has 0 radical (unpaired) electrons. The molecule has 0 aliphatic carbocycles. The Morgan fingerprint density at radius 1 is 1.15 bits per heavy atom. The van der Waals surface area contributed by atoms with Crippen LogP contribution in [0.2, 0.25) is 0 Å². The lowest BCUT2D eigenvalue weighted by atomic mass is 10.1. The first-order valence-electron chi connectivity index (χ1n) is 7.02. The van der Waals surface area contributed by atoms with Gasteiger partial charge in [-0.2, -0.15) is 13.2 Å². The molecule has 1 saturated heterocycles. The Morgan fingerprint density at radius 3 is 2.60 bits per heavy atom. The lowest BCUT2D eigenvalue weighted by Crippen LogP contribution is -2.37. The van der Waals surface area contributed by atoms with Gasteiger partial charge in [0.2, 0.25) is 0 Å². The molecule has 0 saturated carbocycles. The summed E-state index contributed by atoms with van der Waals surface area (Å²) in [7, 11) is 0. The monoisotopic (exact) mass is 287 g/mol. The zero-order valence-corrected chi connectivity index (χ0v) is 11.4. The van der Waals surface area contributed by atoms with E-state index in [1.807, 2.05) is 4.90 Å². The van der Waals surface area contributed by atoms with Gasteiger partial charge in [0.15, 0.2) is 0 Å². The van der Waals surface area contributed by atoms with E-state index in [9.17, 15) is 18.3 Å². The topological polar surface area (TPSA) is 23.5 Å². The summed E-state index contributed by atoms with van der Waals surface area (Å²) in [6.07, 6.45) is -0.386. The Bertz CT molecular complexity index is 433. The van der Waals surface area contributed by atoms with Crippen LogP contribution in [0.1, 0.15) is 36.8 Å². The molecule has 0 aromatic heterocycles. The lowest BCUT2D eigenvalue weighted by molar-refractivity contribution is -0.138. The van der Waals surface area contributed by atoms with Crippen LogP contribution in [0, 0.1) is 0 Å². The number of hydrogen-bond donors (Lipinski definition) is 1. The molecular weight excluding hydrogens is 267 g/mol. The van der Waals surface area contributed by atoms with Gasteiger partial charge in [-0.25, -0.2) is 0 Å². The normalized spacial score (nSPS) is 21.7. The molecule has 1 heterocycles. The second-order valence-corrected chi connectivity index (χ2v) is 5.31. The molecular formula is C15H20F3NO. The van der Waals surface area contributed by atoms with Gasteiger partial charge in [0.25, 0.3) is 0 Å². The first-order valence-corrected chi connectivity index (χ1v) is 7.02. The highest BCUT2D eigenvalue weighted by molar-refractivity contribution is 5.29. The van der Waals surface area contributed by atoms with Crippen LogP contribution in [0.3, 0.4) is 0 Å². The molecule has 1 N–H and O–H groups in total. The molecule has 0 amide bonds. The van der Waals surface area contributed by atoms with Gasteiger partial charge >= 0.3 is 6.18 Å². The minimum atomic E-state index is -4.32. The Morgan fingerprint density at radius 2 is 1.90 bits per heavy atom. The van der Waals surface area contributed by atoms with Crippen molar-refractivity contribution < 1.29 is 18.3 Å². The van der Waals surface area contributed by atoms with Gasteiger partial charge in [-0.05, 0) is 31.0 Å². The summed E-state index contributed by atoms with van der Waals surface area (Å²) < 4.78 is 39.0. The molecule has 20 heavy (non-hydrogen) atoms. The first kappa shape index (κ1) is 15.3. The molecule has 1 aliphatic rings. The summed E-state index contributed by atoms with van der Waals surface area (Å²) in [5.74, 6) is 0. The van der Waals surface area contributed by atoms with Crippen LogP contribution in [0.15, 0.2) is 24.3 Å². The predicted octanol–water partition coefficient (Wildman–Crippen LogP) is 3.44. The van der Waals surface area contributed by atoms with Crippen molar-refractivity contribution in [1.29, 1.82) is 0 Å². The molecule has 5 heteroatoms. The highest BCUT2D eigenvalue weighted by atomic mass is 19.4. The van der Waals surface area contributed by atoms with Gasteiger partial charge in [0.05, 0.1) is 12.2 Å². The summed E-state index contributed by atoms with van der Waals surface area (Å²) in [4.78, 5) is 1.98. The lowest BCUT2D eigenvalue weighted by Gasteiger charge is -2.29. The number of aliphatic hydroxyl groups excluding tert-OH is 1. The molecule has 1 aliphatic heterocycles. The maximum Gasteiger partial charge on any atom is 0.416 e. The maximum atomic E-state index is 13.0. The number of aliphatic hydroxyl groups is 1. The number of alkyl halides is 3. The van der Waals surface area contributed by atoms with Gasteiger partial charge in [0, 0.05) is 12.6 Å². The van der Waals surface area contributed by atoms with Crippen molar-refractivity contribution in [3.63, 3.8) is 0 Å². The number of benzene rings is 1. The molecule has 1 aromatic rings. The van der Waals surface area contributed by atoms with Gasteiger partial charge in [0.1, 0.15) is 0 Å². The minimum absolute atomic E-state index is 0.00812. The van der Waals surface area contributed by atoms with Crippen LogP contribution < -0.4 is 0 Å². The smallest absolute Gasteiger partial charge is 0.395 e. The number of halogens is 3. The van der Waals surface area contributed by atoms with E-state index < -0.39 is 11.7 Å². The number of likely N-dealkylation sites (tertiary alicyclic amines) is 1. The Labute approximate surface area is 117 Å². The van der Waals surface area contributed by atoms with Crippen molar-refractivity contribution in [2.45, 2.75) is 44.4 Å². The Kier molecular flexibility index (Phi) is 5.05. The van der Waals surface area contributed by atoms with Gasteiger partial charge in [-0.15, -0.1) is 0 Å². The fourth-order valence-electron chi connectivity index (χ4n) is 2.81. The third kappa shape index (κ3) is 3.73. The average Bonchev–Trinajstić information content (AvgIpc) is 2.63. The fraction of sp³-hybridized carbons (Fsp3) is 0.600. The van der Waals surface area contributed by atoms with Crippen molar-refractivity contribution in [1.82, 2.24) is 4.90 Å². The zero-order chi connectivity index (χ0) is 14.6. The van der Waals surface area contributed by atoms with Gasteiger partial charge in [-0.1, -0.05) is 31.0 Å². The molecule has 1 unspecified atom stereocenters. The van der Waals surface area contributed by atoms with Crippen LogP contribution in [-0.2, 0) is 12.7 Å². The third-order valence-electron chi connectivity index (χ3n) is 3.91. The summed E-state index contributed by atoms with van der Waals surface area (Å²) in [5, 5.41) is 9.43. The Hall–Kier alpha value is -1.07. The maximum absolute atomic E-state index is 13.0. The molecule has 1 atom stereocenters. The van der Waals surface area contributed by atoms with Crippen LogP contribution in [0.25, 0.3) is 0 Å². The fourth-order valence-corrected chi connectivity index (χ4v) is 2.81. The minimum Gasteiger partial charge on any atom is -0.395 e. The van der Waals surface area contributed by atoms with E-state index >= 15 is 0 Å². The number of nitrogens with zero attached hydrogens (tertiary/aromatic N) is 1. The molecule has 1 fully saturated rings. The first-order chi connectivity index (χ1) is 9.52. The molecule has 0 bridgehead atoms. The second-order valence-electron chi connectivity index (χ2n) is 5.31. The van der Waals surface area contributed by atoms with E-state index in [-0.39, 0.29) is 19.2 Å². The molecule has 2 nitrogen and oxygen atoms in total. The third-order valence-corrected chi connectivity index (χ3v) is 3.91. The highest BCUT2D eigenvalue weighted by Gasteiger charge is 2.33. The highest BCUT2D eigenvalue weighted by Crippen LogP contribution is 2.33. The molecule has 0 spiro atoms. The van der Waals surface area contributed by atoms with Crippen molar-refractivity contribution in [3.8, 4) is 0 Å². The van der Waals surface area contributed by atoms with Crippen molar-refractivity contribution in [2.24, 2.45) is 0 Å².